The summed E-state index contributed by atoms with van der Waals surface area (Å²) in [6.45, 7) is 6.92. The first-order chi connectivity index (χ1) is 12.4. The van der Waals surface area contributed by atoms with E-state index in [0.717, 1.165) is 11.3 Å². The number of halogens is 1. The van der Waals surface area contributed by atoms with Crippen LogP contribution in [0.15, 0.2) is 33.9 Å². The number of furan rings is 1. The molecule has 0 fully saturated rings. The van der Waals surface area contributed by atoms with Gasteiger partial charge < -0.3 is 19.2 Å². The Bertz CT molecular complexity index is 854. The lowest BCUT2D eigenvalue weighted by Crippen LogP contribution is -2.14. The molecule has 1 N–H and O–H groups in total. The van der Waals surface area contributed by atoms with Crippen LogP contribution in [-0.4, -0.2) is 31.1 Å². The van der Waals surface area contributed by atoms with Gasteiger partial charge in [0.2, 0.25) is 0 Å². The Morgan fingerprint density at radius 3 is 2.62 bits per heavy atom. The Balaban J connectivity index is 2.38. The second-order valence-corrected chi connectivity index (χ2v) is 6.73. The first-order valence-corrected chi connectivity index (χ1v) is 9.15. The van der Waals surface area contributed by atoms with Crippen LogP contribution < -0.4 is 5.32 Å². The van der Waals surface area contributed by atoms with Gasteiger partial charge in [-0.2, -0.15) is 0 Å². The Labute approximate surface area is 162 Å². The highest BCUT2D eigenvalue weighted by Crippen LogP contribution is 2.34. The summed E-state index contributed by atoms with van der Waals surface area (Å²) in [5.41, 5.74) is 0.486. The summed E-state index contributed by atoms with van der Waals surface area (Å²) in [5, 5.41) is 2.77. The van der Waals surface area contributed by atoms with Gasteiger partial charge in [-0.15, -0.1) is 11.3 Å². The highest BCUT2D eigenvalue weighted by atomic mass is 79.9. The van der Waals surface area contributed by atoms with E-state index in [-0.39, 0.29) is 34.4 Å². The Kier molecular flexibility index (Phi) is 6.76. The molecule has 0 saturated heterocycles. The molecule has 2 aromatic heterocycles. The van der Waals surface area contributed by atoms with E-state index < -0.39 is 17.8 Å². The summed E-state index contributed by atoms with van der Waals surface area (Å²) in [6, 6.07) is 3.04. The van der Waals surface area contributed by atoms with Gasteiger partial charge in [0, 0.05) is 0 Å². The number of nitrogens with one attached hydrogen (secondary N) is 1. The highest BCUT2D eigenvalue weighted by molar-refractivity contribution is 9.10. The maximum Gasteiger partial charge on any atom is 0.348 e. The summed E-state index contributed by atoms with van der Waals surface area (Å²) >= 11 is 4.05. The zero-order chi connectivity index (χ0) is 19.3. The maximum absolute atomic E-state index is 12.3. The van der Waals surface area contributed by atoms with E-state index in [2.05, 4.69) is 27.8 Å². The van der Waals surface area contributed by atoms with Crippen LogP contribution in [0.3, 0.4) is 0 Å². The molecule has 1 amide bonds. The molecule has 0 radical (unpaired) electrons. The third-order valence-electron chi connectivity index (χ3n) is 3.17. The third kappa shape index (κ3) is 4.41. The zero-order valence-corrected chi connectivity index (χ0v) is 16.5. The summed E-state index contributed by atoms with van der Waals surface area (Å²) < 4.78 is 15.6. The Hall–Kier alpha value is -2.39. The van der Waals surface area contributed by atoms with Gasteiger partial charge in [0.25, 0.3) is 5.91 Å². The van der Waals surface area contributed by atoms with Crippen molar-refractivity contribution in [1.29, 1.82) is 0 Å². The number of thiophene rings is 1. The van der Waals surface area contributed by atoms with Crippen molar-refractivity contribution >= 4 is 50.1 Å². The van der Waals surface area contributed by atoms with E-state index in [1.54, 1.807) is 19.9 Å². The molecule has 0 atom stereocenters. The van der Waals surface area contributed by atoms with Crippen molar-refractivity contribution in [3.8, 4) is 0 Å². The van der Waals surface area contributed by atoms with Gasteiger partial charge >= 0.3 is 11.9 Å². The maximum atomic E-state index is 12.3. The van der Waals surface area contributed by atoms with Crippen LogP contribution >= 0.6 is 27.3 Å². The molecule has 138 valence electrons. The quantitative estimate of drug-likeness (QED) is 0.511. The number of carbonyl (C=O) groups excluding carboxylic acids is 3. The molecule has 26 heavy (non-hydrogen) atoms. The van der Waals surface area contributed by atoms with Crippen molar-refractivity contribution in [3.63, 3.8) is 0 Å². The molecule has 0 aliphatic rings. The molecule has 2 heterocycles. The predicted molar refractivity (Wildman–Crippen MR) is 99.9 cm³/mol. The van der Waals surface area contributed by atoms with E-state index in [1.165, 1.54) is 12.1 Å². The lowest BCUT2D eigenvalue weighted by Gasteiger charge is -2.06. The molecule has 9 heteroatoms. The molecule has 0 unspecified atom stereocenters. The third-order valence-corrected chi connectivity index (χ3v) is 4.78. The van der Waals surface area contributed by atoms with Crippen molar-refractivity contribution in [2.45, 2.75) is 13.8 Å². The standard InChI is InChI=1S/C17H16BrNO6S/c1-4-8-24-17(22)13-9(3)12(16(21)23-5-2)15(26-13)19-14(20)10-6-7-11(18)25-10/h4,6-7H,1,5,8H2,2-3H3,(H,19,20). The normalized spacial score (nSPS) is 10.3. The number of esters is 2. The van der Waals surface area contributed by atoms with Gasteiger partial charge in [-0.05, 0) is 47.5 Å². The topological polar surface area (TPSA) is 94.8 Å². The number of hydrogen-bond acceptors (Lipinski definition) is 7. The number of amides is 1. The second-order valence-electron chi connectivity index (χ2n) is 4.93. The van der Waals surface area contributed by atoms with Gasteiger partial charge in [-0.25, -0.2) is 9.59 Å². The van der Waals surface area contributed by atoms with Crippen molar-refractivity contribution in [3.05, 3.63) is 51.2 Å². The van der Waals surface area contributed by atoms with E-state index in [9.17, 15) is 14.4 Å². The van der Waals surface area contributed by atoms with Crippen molar-refractivity contribution in [2.24, 2.45) is 0 Å². The Morgan fingerprint density at radius 2 is 2.04 bits per heavy atom. The summed E-state index contributed by atoms with van der Waals surface area (Å²) in [7, 11) is 0. The molecule has 0 aliphatic heterocycles. The minimum absolute atomic E-state index is 0.0347. The average Bonchev–Trinajstić information content (AvgIpc) is 3.16. The predicted octanol–water partition coefficient (Wildman–Crippen LogP) is 4.18. The van der Waals surface area contributed by atoms with Crippen LogP contribution in [0.2, 0.25) is 0 Å². The number of rotatable bonds is 7. The first-order valence-electron chi connectivity index (χ1n) is 7.54. The number of hydrogen-bond donors (Lipinski definition) is 1. The van der Waals surface area contributed by atoms with Crippen molar-refractivity contribution < 1.29 is 28.3 Å². The van der Waals surface area contributed by atoms with Gasteiger partial charge in [0.1, 0.15) is 16.5 Å². The van der Waals surface area contributed by atoms with Crippen molar-refractivity contribution in [2.75, 3.05) is 18.5 Å². The van der Waals surface area contributed by atoms with E-state index in [4.69, 9.17) is 13.9 Å². The first kappa shape index (κ1) is 19.9. The number of carbonyl (C=O) groups is 3. The highest BCUT2D eigenvalue weighted by Gasteiger charge is 2.28. The smallest absolute Gasteiger partial charge is 0.348 e. The van der Waals surface area contributed by atoms with Crippen LogP contribution in [0.4, 0.5) is 5.00 Å². The summed E-state index contributed by atoms with van der Waals surface area (Å²) in [5.74, 6) is -1.76. The second kappa shape index (κ2) is 8.81. The molecular formula is C17H16BrNO6S. The number of ether oxygens (including phenoxy) is 2. The fourth-order valence-corrected chi connectivity index (χ4v) is 3.44. The lowest BCUT2D eigenvalue weighted by molar-refractivity contribution is 0.0527. The average molecular weight is 442 g/mol. The van der Waals surface area contributed by atoms with E-state index in [0.29, 0.717) is 10.2 Å². The van der Waals surface area contributed by atoms with Crippen LogP contribution in [0.1, 0.15) is 43.1 Å². The van der Waals surface area contributed by atoms with Gasteiger partial charge in [-0.3, -0.25) is 4.79 Å². The molecule has 2 aromatic rings. The Morgan fingerprint density at radius 1 is 1.31 bits per heavy atom. The van der Waals surface area contributed by atoms with Crippen LogP contribution in [-0.2, 0) is 9.47 Å². The minimum atomic E-state index is -0.639. The van der Waals surface area contributed by atoms with Gasteiger partial charge in [-0.1, -0.05) is 12.7 Å². The molecule has 7 nitrogen and oxygen atoms in total. The van der Waals surface area contributed by atoms with Crippen molar-refractivity contribution in [1.82, 2.24) is 0 Å². The fourth-order valence-electron chi connectivity index (χ4n) is 2.05. The van der Waals surface area contributed by atoms with Crippen LogP contribution in [0.25, 0.3) is 0 Å². The monoisotopic (exact) mass is 441 g/mol. The molecule has 0 saturated carbocycles. The minimum Gasteiger partial charge on any atom is -0.462 e. The van der Waals surface area contributed by atoms with E-state index >= 15 is 0 Å². The van der Waals surface area contributed by atoms with Gasteiger partial charge in [0.15, 0.2) is 10.4 Å². The molecule has 0 aliphatic carbocycles. The summed E-state index contributed by atoms with van der Waals surface area (Å²) in [6.07, 6.45) is 1.44. The fraction of sp³-hybridized carbons (Fsp3) is 0.235. The van der Waals surface area contributed by atoms with Gasteiger partial charge in [0.05, 0.1) is 12.2 Å². The SMILES string of the molecule is C=CCOC(=O)c1sc(NC(=O)c2ccc(Br)o2)c(C(=O)OCC)c1C. The van der Waals surface area contributed by atoms with E-state index in [1.807, 2.05) is 0 Å². The van der Waals surface area contributed by atoms with Crippen LogP contribution in [0.5, 0.6) is 0 Å². The molecule has 0 spiro atoms. The van der Waals surface area contributed by atoms with Crippen LogP contribution in [0, 0.1) is 6.92 Å². The molecule has 2 rings (SSSR count). The largest absolute Gasteiger partial charge is 0.462 e. The lowest BCUT2D eigenvalue weighted by atomic mass is 10.1. The molecular weight excluding hydrogens is 426 g/mol. The number of anilines is 1. The zero-order valence-electron chi connectivity index (χ0n) is 14.1. The molecule has 0 bridgehead atoms. The molecule has 0 aromatic carbocycles. The summed E-state index contributed by atoms with van der Waals surface area (Å²) in [4.78, 5) is 37.0.